The topological polar surface area (TPSA) is 71.0 Å². The van der Waals surface area contributed by atoms with E-state index in [1.54, 1.807) is 6.20 Å². The van der Waals surface area contributed by atoms with Crippen LogP contribution in [0.4, 0.5) is 5.13 Å². The minimum absolute atomic E-state index is 0.0301. The highest BCUT2D eigenvalue weighted by Crippen LogP contribution is 2.22. The minimum Gasteiger partial charge on any atom is -0.356 e. The number of hydrogen-bond acceptors (Lipinski definition) is 6. The van der Waals surface area contributed by atoms with E-state index in [-0.39, 0.29) is 11.9 Å². The molecule has 0 bridgehead atoms. The number of halogens is 1. The monoisotopic (exact) mass is 443 g/mol. The van der Waals surface area contributed by atoms with Gasteiger partial charge in [-0.15, -0.1) is 0 Å². The van der Waals surface area contributed by atoms with Gasteiger partial charge in [0.2, 0.25) is 11.0 Å². The Morgan fingerprint density at radius 1 is 1.20 bits per heavy atom. The van der Waals surface area contributed by atoms with Crippen LogP contribution in [0.3, 0.4) is 0 Å². The van der Waals surface area contributed by atoms with Crippen LogP contribution < -0.4 is 10.2 Å². The van der Waals surface area contributed by atoms with E-state index >= 15 is 0 Å². The van der Waals surface area contributed by atoms with Crippen molar-refractivity contribution in [1.82, 2.24) is 19.7 Å². The van der Waals surface area contributed by atoms with E-state index in [1.165, 1.54) is 11.5 Å². The maximum absolute atomic E-state index is 12.3. The van der Waals surface area contributed by atoms with Crippen LogP contribution >= 0.6 is 23.1 Å². The summed E-state index contributed by atoms with van der Waals surface area (Å²) in [4.78, 5) is 23.3. The van der Waals surface area contributed by atoms with Crippen molar-refractivity contribution in [3.63, 3.8) is 0 Å². The summed E-state index contributed by atoms with van der Waals surface area (Å²) >= 11 is 7.32. The molecule has 2 heterocycles. The molecule has 0 aliphatic carbocycles. The van der Waals surface area contributed by atoms with Crippen molar-refractivity contribution in [2.45, 2.75) is 39.2 Å². The lowest BCUT2D eigenvalue weighted by atomic mass is 10.1. The predicted molar refractivity (Wildman–Crippen MR) is 122 cm³/mol. The van der Waals surface area contributed by atoms with Gasteiger partial charge >= 0.3 is 0 Å². The summed E-state index contributed by atoms with van der Waals surface area (Å²) < 4.78 is 4.50. The average Bonchev–Trinajstić information content (AvgIpc) is 3.18. The summed E-state index contributed by atoms with van der Waals surface area (Å²) in [7, 11) is 0. The van der Waals surface area contributed by atoms with Crippen molar-refractivity contribution < 1.29 is 4.79 Å². The summed E-state index contributed by atoms with van der Waals surface area (Å²) in [6.45, 7) is 5.38. The zero-order chi connectivity index (χ0) is 21.3. The Balaban J connectivity index is 1.50. The first-order valence-corrected chi connectivity index (χ1v) is 11.2. The molecule has 1 aromatic carbocycles. The molecule has 1 N–H and O–H groups in total. The van der Waals surface area contributed by atoms with Gasteiger partial charge in [0, 0.05) is 66.8 Å². The molecule has 0 saturated carbocycles. The molecular weight excluding hydrogens is 418 g/mol. The highest BCUT2D eigenvalue weighted by atomic mass is 35.5. The van der Waals surface area contributed by atoms with Gasteiger partial charge < -0.3 is 10.2 Å². The molecule has 3 aromatic rings. The summed E-state index contributed by atoms with van der Waals surface area (Å²) in [5.74, 6) is 0.810. The third-order valence-electron chi connectivity index (χ3n) is 4.61. The van der Waals surface area contributed by atoms with E-state index in [4.69, 9.17) is 11.6 Å². The Bertz CT molecular complexity index is 930. The molecule has 0 spiro atoms. The molecule has 8 heteroatoms. The summed E-state index contributed by atoms with van der Waals surface area (Å²) in [6.07, 6.45) is 3.56. The third kappa shape index (κ3) is 6.78. The van der Waals surface area contributed by atoms with Crippen LogP contribution in [0.25, 0.3) is 0 Å². The third-order valence-corrected chi connectivity index (χ3v) is 5.65. The van der Waals surface area contributed by atoms with E-state index in [2.05, 4.69) is 38.4 Å². The average molecular weight is 444 g/mol. The SMILES string of the molecule is CC(C)N(CCC(=O)NCCc1ccccn1)c1nc(Cc2ccc(Cl)cc2)ns1. The normalized spacial score (nSPS) is 10.9. The Hall–Kier alpha value is -2.51. The molecule has 0 fully saturated rings. The zero-order valence-electron chi connectivity index (χ0n) is 17.2. The van der Waals surface area contributed by atoms with Gasteiger partial charge in [-0.1, -0.05) is 29.8 Å². The molecule has 0 atom stereocenters. The lowest BCUT2D eigenvalue weighted by molar-refractivity contribution is -0.120. The predicted octanol–water partition coefficient (Wildman–Crippen LogP) is 4.14. The first-order chi connectivity index (χ1) is 14.5. The maximum atomic E-state index is 12.3. The number of carbonyl (C=O) groups excluding carboxylic acids is 1. The van der Waals surface area contributed by atoms with Gasteiger partial charge in [-0.25, -0.2) is 4.98 Å². The van der Waals surface area contributed by atoms with Gasteiger partial charge in [0.15, 0.2) is 0 Å². The second kappa shape index (κ2) is 11.0. The fraction of sp³-hybridized carbons (Fsp3) is 0.364. The summed E-state index contributed by atoms with van der Waals surface area (Å²) in [5.41, 5.74) is 2.09. The number of amides is 1. The summed E-state index contributed by atoms with van der Waals surface area (Å²) in [5, 5.41) is 4.53. The number of anilines is 1. The summed E-state index contributed by atoms with van der Waals surface area (Å²) in [6, 6.07) is 13.7. The van der Waals surface area contributed by atoms with Gasteiger partial charge in [-0.2, -0.15) is 4.37 Å². The number of nitrogens with zero attached hydrogens (tertiary/aromatic N) is 4. The van der Waals surface area contributed by atoms with Gasteiger partial charge in [-0.3, -0.25) is 9.78 Å². The van der Waals surface area contributed by atoms with E-state index < -0.39 is 0 Å². The van der Waals surface area contributed by atoms with Crippen LogP contribution in [0, 0.1) is 0 Å². The second-order valence-electron chi connectivity index (χ2n) is 7.25. The number of benzene rings is 1. The largest absolute Gasteiger partial charge is 0.356 e. The van der Waals surface area contributed by atoms with E-state index in [1.807, 2.05) is 42.5 Å². The van der Waals surface area contributed by atoms with Gasteiger partial charge in [0.25, 0.3) is 0 Å². The van der Waals surface area contributed by atoms with Gasteiger partial charge in [0.1, 0.15) is 5.82 Å². The fourth-order valence-corrected chi connectivity index (χ4v) is 3.95. The number of carbonyl (C=O) groups is 1. The van der Waals surface area contributed by atoms with Crippen LogP contribution in [0.2, 0.25) is 5.02 Å². The molecule has 0 unspecified atom stereocenters. The van der Waals surface area contributed by atoms with Crippen LogP contribution in [-0.2, 0) is 17.6 Å². The Labute approximate surface area is 186 Å². The molecule has 6 nitrogen and oxygen atoms in total. The molecule has 2 aromatic heterocycles. The Kier molecular flexibility index (Phi) is 8.16. The van der Waals surface area contributed by atoms with Crippen molar-refractivity contribution in [2.24, 2.45) is 0 Å². The molecule has 158 valence electrons. The van der Waals surface area contributed by atoms with Crippen LogP contribution in [0.5, 0.6) is 0 Å². The van der Waals surface area contributed by atoms with Crippen molar-refractivity contribution in [3.8, 4) is 0 Å². The van der Waals surface area contributed by atoms with Gasteiger partial charge in [0.05, 0.1) is 0 Å². The smallest absolute Gasteiger partial charge is 0.221 e. The number of aromatic nitrogens is 3. The van der Waals surface area contributed by atoms with Crippen LogP contribution in [0.1, 0.15) is 37.4 Å². The van der Waals surface area contributed by atoms with E-state index in [0.717, 1.165) is 33.7 Å². The van der Waals surface area contributed by atoms with Crippen molar-refractivity contribution in [1.29, 1.82) is 0 Å². The fourth-order valence-electron chi connectivity index (χ4n) is 2.98. The Morgan fingerprint density at radius 3 is 2.70 bits per heavy atom. The minimum atomic E-state index is 0.0301. The molecule has 3 rings (SSSR count). The number of nitrogens with one attached hydrogen (secondary N) is 1. The van der Waals surface area contributed by atoms with Crippen molar-refractivity contribution in [2.75, 3.05) is 18.0 Å². The molecular formula is C22H26ClN5OS. The maximum Gasteiger partial charge on any atom is 0.221 e. The van der Waals surface area contributed by atoms with Crippen LogP contribution in [-0.4, -0.2) is 39.4 Å². The quantitative estimate of drug-likeness (QED) is 0.509. The zero-order valence-corrected chi connectivity index (χ0v) is 18.8. The molecule has 30 heavy (non-hydrogen) atoms. The first kappa shape index (κ1) is 22.2. The second-order valence-corrected chi connectivity index (χ2v) is 8.42. The standard InChI is InChI=1S/C22H26ClN5OS/c1-16(2)28(14-11-21(29)25-13-10-19-5-3-4-12-24-19)22-26-20(27-30-22)15-17-6-8-18(23)9-7-17/h3-9,12,16H,10-11,13-15H2,1-2H3,(H,25,29). The highest BCUT2D eigenvalue weighted by Gasteiger charge is 2.17. The van der Waals surface area contributed by atoms with Gasteiger partial charge in [-0.05, 0) is 43.7 Å². The number of pyridine rings is 1. The van der Waals surface area contributed by atoms with E-state index in [0.29, 0.717) is 25.9 Å². The Morgan fingerprint density at radius 2 is 2.00 bits per heavy atom. The molecule has 0 aliphatic rings. The lowest BCUT2D eigenvalue weighted by Crippen LogP contribution is -2.35. The van der Waals surface area contributed by atoms with Crippen molar-refractivity contribution in [3.05, 3.63) is 70.8 Å². The van der Waals surface area contributed by atoms with E-state index in [9.17, 15) is 4.79 Å². The molecule has 0 saturated heterocycles. The highest BCUT2D eigenvalue weighted by molar-refractivity contribution is 7.09. The lowest BCUT2D eigenvalue weighted by Gasteiger charge is -2.25. The first-order valence-electron chi connectivity index (χ1n) is 10.0. The van der Waals surface area contributed by atoms with Crippen molar-refractivity contribution >= 4 is 34.2 Å². The molecule has 0 radical (unpaired) electrons. The molecule has 0 aliphatic heterocycles. The number of rotatable bonds is 10. The number of hydrogen-bond donors (Lipinski definition) is 1. The molecule has 1 amide bonds. The van der Waals surface area contributed by atoms with Crippen LogP contribution in [0.15, 0.2) is 48.7 Å².